The normalized spacial score (nSPS) is 17.7. The SMILES string of the molecule is CN(C)c1ccnc(N(C)C2CCN(Cc3cc(F)ccc3F)C2)n1. The Hall–Kier alpha value is -2.28. The predicted molar refractivity (Wildman–Crippen MR) is 94.8 cm³/mol. The molecular formula is C18H23F2N5. The molecule has 1 atom stereocenters. The van der Waals surface area contributed by atoms with Gasteiger partial charge in [0.25, 0.3) is 0 Å². The number of likely N-dealkylation sites (N-methyl/N-ethyl adjacent to an activating group) is 1. The van der Waals surface area contributed by atoms with Gasteiger partial charge in [-0.1, -0.05) is 0 Å². The maximum Gasteiger partial charge on any atom is 0.227 e. The van der Waals surface area contributed by atoms with Crippen molar-refractivity contribution >= 4 is 11.8 Å². The molecule has 25 heavy (non-hydrogen) atoms. The third kappa shape index (κ3) is 4.04. The number of hydrogen-bond acceptors (Lipinski definition) is 5. The van der Waals surface area contributed by atoms with Gasteiger partial charge >= 0.3 is 0 Å². The monoisotopic (exact) mass is 347 g/mol. The van der Waals surface area contributed by atoms with Crippen LogP contribution in [-0.4, -0.2) is 55.1 Å². The molecule has 1 aliphatic heterocycles. The molecule has 2 heterocycles. The molecule has 3 rings (SSSR count). The van der Waals surface area contributed by atoms with E-state index in [2.05, 4.69) is 19.8 Å². The average Bonchev–Trinajstić information content (AvgIpc) is 3.06. The number of rotatable bonds is 5. The van der Waals surface area contributed by atoms with E-state index >= 15 is 0 Å². The summed E-state index contributed by atoms with van der Waals surface area (Å²) >= 11 is 0. The molecule has 1 aromatic heterocycles. The van der Waals surface area contributed by atoms with E-state index in [1.807, 2.05) is 32.1 Å². The van der Waals surface area contributed by atoms with Crippen LogP contribution in [0.2, 0.25) is 0 Å². The van der Waals surface area contributed by atoms with Crippen LogP contribution in [0.1, 0.15) is 12.0 Å². The molecule has 0 aliphatic carbocycles. The minimum Gasteiger partial charge on any atom is -0.363 e. The first-order valence-electron chi connectivity index (χ1n) is 8.33. The lowest BCUT2D eigenvalue weighted by Gasteiger charge is -2.25. The Kier molecular flexibility index (Phi) is 5.13. The molecule has 1 aromatic carbocycles. The van der Waals surface area contributed by atoms with Gasteiger partial charge in [-0.25, -0.2) is 13.8 Å². The number of hydrogen-bond donors (Lipinski definition) is 0. The van der Waals surface area contributed by atoms with Crippen LogP contribution in [-0.2, 0) is 6.54 Å². The molecule has 1 unspecified atom stereocenters. The number of anilines is 2. The topological polar surface area (TPSA) is 35.5 Å². The third-order valence-corrected chi connectivity index (χ3v) is 4.60. The first kappa shape index (κ1) is 17.5. The Morgan fingerprint density at radius 3 is 2.76 bits per heavy atom. The maximum atomic E-state index is 13.8. The lowest BCUT2D eigenvalue weighted by Crippen LogP contribution is -2.35. The van der Waals surface area contributed by atoms with Gasteiger partial charge in [0.15, 0.2) is 0 Å². The molecule has 0 bridgehead atoms. The quantitative estimate of drug-likeness (QED) is 0.831. The van der Waals surface area contributed by atoms with Crippen LogP contribution in [0.15, 0.2) is 30.5 Å². The number of nitrogens with zero attached hydrogens (tertiary/aromatic N) is 5. The highest BCUT2D eigenvalue weighted by Crippen LogP contribution is 2.22. The molecule has 1 saturated heterocycles. The molecule has 0 amide bonds. The summed E-state index contributed by atoms with van der Waals surface area (Å²) in [6, 6.07) is 5.72. The largest absolute Gasteiger partial charge is 0.363 e. The van der Waals surface area contributed by atoms with E-state index in [-0.39, 0.29) is 11.9 Å². The molecule has 134 valence electrons. The van der Waals surface area contributed by atoms with E-state index in [9.17, 15) is 8.78 Å². The zero-order chi connectivity index (χ0) is 18.0. The van der Waals surface area contributed by atoms with Gasteiger partial charge in [-0.15, -0.1) is 0 Å². The summed E-state index contributed by atoms with van der Waals surface area (Å²) in [7, 11) is 5.86. The second kappa shape index (κ2) is 7.31. The first-order valence-corrected chi connectivity index (χ1v) is 8.33. The van der Waals surface area contributed by atoms with Crippen LogP contribution in [0.4, 0.5) is 20.5 Å². The van der Waals surface area contributed by atoms with E-state index in [4.69, 9.17) is 0 Å². The smallest absolute Gasteiger partial charge is 0.227 e. The molecule has 1 fully saturated rings. The molecule has 0 N–H and O–H groups in total. The van der Waals surface area contributed by atoms with Crippen molar-refractivity contribution in [2.24, 2.45) is 0 Å². The van der Waals surface area contributed by atoms with Crippen LogP contribution in [0.25, 0.3) is 0 Å². The molecule has 0 spiro atoms. The molecule has 5 nitrogen and oxygen atoms in total. The summed E-state index contributed by atoms with van der Waals surface area (Å²) in [5.74, 6) is 0.766. The van der Waals surface area contributed by atoms with E-state index in [0.29, 0.717) is 18.1 Å². The van der Waals surface area contributed by atoms with Crippen LogP contribution >= 0.6 is 0 Å². The fourth-order valence-electron chi connectivity index (χ4n) is 3.10. The van der Waals surface area contributed by atoms with Crippen LogP contribution in [0, 0.1) is 11.6 Å². The molecule has 1 aliphatic rings. The van der Waals surface area contributed by atoms with E-state index in [1.165, 1.54) is 12.1 Å². The van der Waals surface area contributed by atoms with Crippen molar-refractivity contribution in [2.75, 3.05) is 44.0 Å². The number of halogens is 2. The van der Waals surface area contributed by atoms with Gasteiger partial charge in [-0.3, -0.25) is 4.90 Å². The first-order chi connectivity index (χ1) is 11.9. The highest BCUT2D eigenvalue weighted by Gasteiger charge is 2.27. The fourth-order valence-corrected chi connectivity index (χ4v) is 3.10. The van der Waals surface area contributed by atoms with Crippen molar-refractivity contribution in [2.45, 2.75) is 19.0 Å². The summed E-state index contributed by atoms with van der Waals surface area (Å²) < 4.78 is 27.2. The highest BCUT2D eigenvalue weighted by molar-refractivity contribution is 5.42. The van der Waals surface area contributed by atoms with Crippen molar-refractivity contribution in [1.29, 1.82) is 0 Å². The van der Waals surface area contributed by atoms with Crippen LogP contribution in [0.3, 0.4) is 0 Å². The maximum absolute atomic E-state index is 13.8. The van der Waals surface area contributed by atoms with Crippen molar-refractivity contribution < 1.29 is 8.78 Å². The van der Waals surface area contributed by atoms with Crippen molar-refractivity contribution in [1.82, 2.24) is 14.9 Å². The number of aromatic nitrogens is 2. The summed E-state index contributed by atoms with van der Waals surface area (Å²) in [5.41, 5.74) is 0.397. The van der Waals surface area contributed by atoms with Crippen molar-refractivity contribution in [3.8, 4) is 0 Å². The Balaban J connectivity index is 1.66. The van der Waals surface area contributed by atoms with E-state index in [1.54, 1.807) is 6.20 Å². The van der Waals surface area contributed by atoms with Gasteiger partial charge in [0, 0.05) is 58.6 Å². The van der Waals surface area contributed by atoms with Gasteiger partial charge in [0.1, 0.15) is 17.5 Å². The van der Waals surface area contributed by atoms with Crippen LogP contribution < -0.4 is 9.80 Å². The minimum absolute atomic E-state index is 0.244. The van der Waals surface area contributed by atoms with Gasteiger partial charge in [0.2, 0.25) is 5.95 Å². The molecular weight excluding hydrogens is 324 g/mol. The minimum atomic E-state index is -0.404. The van der Waals surface area contributed by atoms with Gasteiger partial charge in [-0.05, 0) is 30.7 Å². The Morgan fingerprint density at radius 2 is 2.00 bits per heavy atom. The Bertz CT molecular complexity index is 737. The van der Waals surface area contributed by atoms with Crippen molar-refractivity contribution in [3.63, 3.8) is 0 Å². The van der Waals surface area contributed by atoms with E-state index in [0.717, 1.165) is 31.4 Å². The fraction of sp³-hybridized carbons (Fsp3) is 0.444. The van der Waals surface area contributed by atoms with Crippen molar-refractivity contribution in [3.05, 3.63) is 47.7 Å². The Morgan fingerprint density at radius 1 is 1.20 bits per heavy atom. The standard InChI is InChI=1S/C18H23F2N5/c1-23(2)17-6-8-21-18(22-17)24(3)15-7-9-25(12-15)11-13-10-14(19)4-5-16(13)20/h4-6,8,10,15H,7,9,11-12H2,1-3H3. The summed E-state index contributed by atoms with van der Waals surface area (Å²) in [5, 5.41) is 0. The molecule has 2 aromatic rings. The summed E-state index contributed by atoms with van der Waals surface area (Å²) in [6.45, 7) is 2.01. The highest BCUT2D eigenvalue weighted by atomic mass is 19.1. The number of benzene rings is 1. The predicted octanol–water partition coefficient (Wildman–Crippen LogP) is 2.53. The second-order valence-corrected chi connectivity index (χ2v) is 6.63. The Labute approximate surface area is 146 Å². The zero-order valence-corrected chi connectivity index (χ0v) is 14.8. The zero-order valence-electron chi connectivity index (χ0n) is 14.8. The number of likely N-dealkylation sites (tertiary alicyclic amines) is 1. The molecule has 0 radical (unpaired) electrons. The third-order valence-electron chi connectivity index (χ3n) is 4.60. The molecule has 7 heteroatoms. The van der Waals surface area contributed by atoms with E-state index < -0.39 is 5.82 Å². The molecule has 0 saturated carbocycles. The second-order valence-electron chi connectivity index (χ2n) is 6.63. The summed E-state index contributed by atoms with van der Waals surface area (Å²) in [4.78, 5) is 15.1. The average molecular weight is 347 g/mol. The summed E-state index contributed by atoms with van der Waals surface area (Å²) in [6.07, 6.45) is 2.69. The van der Waals surface area contributed by atoms with Gasteiger partial charge in [-0.2, -0.15) is 4.98 Å². The van der Waals surface area contributed by atoms with Gasteiger partial charge in [0.05, 0.1) is 0 Å². The van der Waals surface area contributed by atoms with Crippen LogP contribution in [0.5, 0.6) is 0 Å². The lowest BCUT2D eigenvalue weighted by molar-refractivity contribution is 0.319. The lowest BCUT2D eigenvalue weighted by atomic mass is 10.2. The van der Waals surface area contributed by atoms with Gasteiger partial charge < -0.3 is 9.80 Å².